The molecule has 144 valence electrons. The van der Waals surface area contributed by atoms with Crippen molar-refractivity contribution < 1.29 is 4.74 Å². The van der Waals surface area contributed by atoms with Crippen molar-refractivity contribution in [2.24, 2.45) is 0 Å². The Morgan fingerprint density at radius 2 is 0.708 bits per heavy atom. The fourth-order valence-corrected chi connectivity index (χ4v) is 3.82. The molecule has 2 atom stereocenters. The van der Waals surface area contributed by atoms with Crippen molar-refractivity contribution in [3.63, 3.8) is 0 Å². The summed E-state index contributed by atoms with van der Waals surface area (Å²) in [6.07, 6.45) is 28.2. The third-order valence-corrected chi connectivity index (χ3v) is 5.62. The van der Waals surface area contributed by atoms with E-state index in [1.54, 1.807) is 0 Å². The number of hydrogen-bond acceptors (Lipinski definition) is 1. The summed E-state index contributed by atoms with van der Waals surface area (Å²) in [6.45, 7) is 4.58. The van der Waals surface area contributed by atoms with E-state index in [2.05, 4.69) is 13.8 Å². The van der Waals surface area contributed by atoms with Gasteiger partial charge in [0.1, 0.15) is 0 Å². The van der Waals surface area contributed by atoms with Crippen LogP contribution in [-0.4, -0.2) is 12.2 Å². The normalized spacial score (nSPS) is 19.8. The van der Waals surface area contributed by atoms with Crippen LogP contribution in [0, 0.1) is 0 Å². The topological polar surface area (TPSA) is 12.5 Å². The number of hydrogen-bond donors (Lipinski definition) is 0. The molecule has 1 aliphatic rings. The summed E-state index contributed by atoms with van der Waals surface area (Å²) in [5.41, 5.74) is 0. The van der Waals surface area contributed by atoms with E-state index in [9.17, 15) is 0 Å². The number of epoxide rings is 1. The summed E-state index contributed by atoms with van der Waals surface area (Å²) in [5, 5.41) is 0. The second-order valence-electron chi connectivity index (χ2n) is 8.09. The zero-order valence-electron chi connectivity index (χ0n) is 17.0. The van der Waals surface area contributed by atoms with E-state index >= 15 is 0 Å². The van der Waals surface area contributed by atoms with Crippen molar-refractivity contribution in [1.29, 1.82) is 0 Å². The van der Waals surface area contributed by atoms with Crippen LogP contribution in [0.25, 0.3) is 0 Å². The lowest BCUT2D eigenvalue weighted by atomic mass is 10.0. The first-order valence-electron chi connectivity index (χ1n) is 11.5. The molecule has 1 fully saturated rings. The molecule has 0 spiro atoms. The Kier molecular flexibility index (Phi) is 15.1. The molecular weight excluding hydrogens is 292 g/mol. The Balaban J connectivity index is 1.71. The highest BCUT2D eigenvalue weighted by Gasteiger charge is 2.36. The minimum atomic E-state index is 0.638. The van der Waals surface area contributed by atoms with Gasteiger partial charge in [-0.15, -0.1) is 0 Å². The molecule has 0 radical (unpaired) electrons. The van der Waals surface area contributed by atoms with Crippen molar-refractivity contribution in [1.82, 2.24) is 0 Å². The van der Waals surface area contributed by atoms with E-state index in [4.69, 9.17) is 4.74 Å². The van der Waals surface area contributed by atoms with E-state index in [1.165, 1.54) is 122 Å². The quantitative estimate of drug-likeness (QED) is 0.171. The monoisotopic (exact) mass is 338 g/mol. The van der Waals surface area contributed by atoms with Gasteiger partial charge in [0.25, 0.3) is 0 Å². The molecule has 1 rings (SSSR count). The maximum absolute atomic E-state index is 5.84. The van der Waals surface area contributed by atoms with Crippen molar-refractivity contribution in [3.05, 3.63) is 0 Å². The summed E-state index contributed by atoms with van der Waals surface area (Å²) in [5.74, 6) is 0. The van der Waals surface area contributed by atoms with Gasteiger partial charge in [0.2, 0.25) is 0 Å². The second kappa shape index (κ2) is 16.4. The third kappa shape index (κ3) is 13.3. The Bertz CT molecular complexity index is 250. The van der Waals surface area contributed by atoms with Crippen molar-refractivity contribution >= 4 is 0 Å². The van der Waals surface area contributed by atoms with E-state index in [0.29, 0.717) is 12.2 Å². The predicted molar refractivity (Wildman–Crippen MR) is 108 cm³/mol. The second-order valence-corrected chi connectivity index (χ2v) is 8.09. The highest BCUT2D eigenvalue weighted by atomic mass is 16.6. The molecule has 0 bridgehead atoms. The van der Waals surface area contributed by atoms with E-state index < -0.39 is 0 Å². The summed E-state index contributed by atoms with van der Waals surface area (Å²) >= 11 is 0. The molecule has 0 aromatic heterocycles. The zero-order chi connectivity index (χ0) is 17.3. The smallest absolute Gasteiger partial charge is 0.0841 e. The van der Waals surface area contributed by atoms with Gasteiger partial charge in [-0.3, -0.25) is 0 Å². The Labute approximate surface area is 153 Å². The van der Waals surface area contributed by atoms with Crippen LogP contribution in [0.3, 0.4) is 0 Å². The molecule has 0 N–H and O–H groups in total. The van der Waals surface area contributed by atoms with E-state index in [-0.39, 0.29) is 0 Å². The molecule has 0 amide bonds. The van der Waals surface area contributed by atoms with Crippen LogP contribution < -0.4 is 0 Å². The molecule has 0 saturated carbocycles. The van der Waals surface area contributed by atoms with Gasteiger partial charge >= 0.3 is 0 Å². The molecular formula is C23H46O. The lowest BCUT2D eigenvalue weighted by Gasteiger charge is -2.02. The summed E-state index contributed by atoms with van der Waals surface area (Å²) in [4.78, 5) is 0. The molecule has 0 aromatic rings. The van der Waals surface area contributed by atoms with Crippen LogP contribution in [0.15, 0.2) is 0 Å². The van der Waals surface area contributed by atoms with Gasteiger partial charge in [0.15, 0.2) is 0 Å². The van der Waals surface area contributed by atoms with Gasteiger partial charge in [-0.1, -0.05) is 123 Å². The van der Waals surface area contributed by atoms with Crippen LogP contribution in [0.4, 0.5) is 0 Å². The van der Waals surface area contributed by atoms with Crippen LogP contribution >= 0.6 is 0 Å². The first kappa shape index (κ1) is 22.0. The molecule has 0 aliphatic carbocycles. The van der Waals surface area contributed by atoms with Crippen molar-refractivity contribution in [2.75, 3.05) is 0 Å². The van der Waals surface area contributed by atoms with Crippen LogP contribution in [0.2, 0.25) is 0 Å². The fourth-order valence-electron chi connectivity index (χ4n) is 3.82. The summed E-state index contributed by atoms with van der Waals surface area (Å²) < 4.78 is 5.84. The Morgan fingerprint density at radius 3 is 1.04 bits per heavy atom. The molecule has 1 saturated heterocycles. The average Bonchev–Trinajstić information content (AvgIpc) is 3.34. The summed E-state index contributed by atoms with van der Waals surface area (Å²) in [7, 11) is 0. The lowest BCUT2D eigenvalue weighted by molar-refractivity contribution is 0.347. The fraction of sp³-hybridized carbons (Fsp3) is 1.00. The largest absolute Gasteiger partial charge is 0.370 e. The number of rotatable bonds is 19. The van der Waals surface area contributed by atoms with Crippen molar-refractivity contribution in [3.8, 4) is 0 Å². The SMILES string of the molecule is CCCCCCCCCCCCC[C@H]1O[C@H]1CCCCCCCC. The number of ether oxygens (including phenoxy) is 1. The highest BCUT2D eigenvalue weighted by Crippen LogP contribution is 2.31. The van der Waals surface area contributed by atoms with Gasteiger partial charge in [0, 0.05) is 0 Å². The lowest BCUT2D eigenvalue weighted by Crippen LogP contribution is -1.94. The zero-order valence-corrected chi connectivity index (χ0v) is 17.0. The molecule has 0 unspecified atom stereocenters. The highest BCUT2D eigenvalue weighted by molar-refractivity contribution is 4.84. The van der Waals surface area contributed by atoms with Gasteiger partial charge in [-0.2, -0.15) is 0 Å². The minimum absolute atomic E-state index is 0.638. The molecule has 1 heteroatoms. The van der Waals surface area contributed by atoms with Gasteiger partial charge in [-0.05, 0) is 12.8 Å². The molecule has 24 heavy (non-hydrogen) atoms. The predicted octanol–water partition coefficient (Wildman–Crippen LogP) is 8.21. The maximum atomic E-state index is 5.84. The van der Waals surface area contributed by atoms with Crippen LogP contribution in [0.5, 0.6) is 0 Å². The minimum Gasteiger partial charge on any atom is -0.370 e. The first-order valence-corrected chi connectivity index (χ1v) is 11.5. The number of unbranched alkanes of at least 4 members (excludes halogenated alkanes) is 15. The van der Waals surface area contributed by atoms with E-state index in [1.807, 2.05) is 0 Å². The van der Waals surface area contributed by atoms with Gasteiger partial charge in [0.05, 0.1) is 12.2 Å². The molecule has 1 nitrogen and oxygen atoms in total. The van der Waals surface area contributed by atoms with Crippen molar-refractivity contribution in [2.45, 2.75) is 148 Å². The summed E-state index contributed by atoms with van der Waals surface area (Å²) in [6, 6.07) is 0. The molecule has 0 aromatic carbocycles. The van der Waals surface area contributed by atoms with Crippen LogP contribution in [0.1, 0.15) is 136 Å². The molecule has 1 aliphatic heterocycles. The van der Waals surface area contributed by atoms with Gasteiger partial charge < -0.3 is 4.74 Å². The maximum Gasteiger partial charge on any atom is 0.0841 e. The third-order valence-electron chi connectivity index (χ3n) is 5.62. The Hall–Kier alpha value is -0.0400. The van der Waals surface area contributed by atoms with Crippen LogP contribution in [-0.2, 0) is 4.74 Å². The first-order chi connectivity index (χ1) is 11.9. The average molecular weight is 339 g/mol. The standard InChI is InChI=1S/C23H46O/c1-3-5-7-9-11-12-13-14-15-17-19-21-23-22(24-23)20-18-16-10-8-6-4-2/h22-23H,3-21H2,1-2H3/t22-,23+/m0/s1. The van der Waals surface area contributed by atoms with E-state index in [0.717, 1.165) is 0 Å². The van der Waals surface area contributed by atoms with Gasteiger partial charge in [-0.25, -0.2) is 0 Å². The molecule has 1 heterocycles. The Morgan fingerprint density at radius 1 is 0.417 bits per heavy atom.